The second-order valence-electron chi connectivity index (χ2n) is 10.6. The van der Waals surface area contributed by atoms with Crippen molar-refractivity contribution in [2.75, 3.05) is 6.61 Å². The number of nitrogens with one attached hydrogen (secondary N) is 1. The van der Waals surface area contributed by atoms with Gasteiger partial charge < -0.3 is 15.0 Å². The number of rotatable bonds is 9. The number of ether oxygens (including phenoxy) is 1. The molecule has 5 nitrogen and oxygen atoms in total. The van der Waals surface area contributed by atoms with Gasteiger partial charge in [0.25, 0.3) is 5.91 Å². The van der Waals surface area contributed by atoms with E-state index in [0.717, 1.165) is 31.2 Å². The molecule has 7 heteroatoms. The summed E-state index contributed by atoms with van der Waals surface area (Å²) in [5.74, 6) is 0.240. The van der Waals surface area contributed by atoms with Crippen LogP contribution in [0.3, 0.4) is 0 Å². The first-order chi connectivity index (χ1) is 17.1. The number of amides is 2. The van der Waals surface area contributed by atoms with E-state index in [1.807, 2.05) is 37.3 Å². The molecule has 3 rings (SSSR count). The molecular formula is C29H38Cl2N2O3. The topological polar surface area (TPSA) is 58.6 Å². The fourth-order valence-corrected chi connectivity index (χ4v) is 4.90. The highest BCUT2D eigenvalue weighted by Crippen LogP contribution is 2.26. The standard InChI is InChI=1S/C29H38Cl2N2O3/c1-5-26(28(35)32-22-9-7-6-8-10-22)33(18-20-11-16-24(30)25(31)17-20)27(34)19-36-23-14-12-21(13-15-23)29(2,3)4/h11-17,22,26H,5-10,18-19H2,1-4H3,(H,32,35). The number of benzene rings is 2. The van der Waals surface area contributed by atoms with Crippen molar-refractivity contribution >= 4 is 35.0 Å². The van der Waals surface area contributed by atoms with Crippen LogP contribution in [0.2, 0.25) is 10.0 Å². The fourth-order valence-electron chi connectivity index (χ4n) is 4.58. The van der Waals surface area contributed by atoms with E-state index < -0.39 is 6.04 Å². The summed E-state index contributed by atoms with van der Waals surface area (Å²) in [5, 5.41) is 4.04. The molecule has 2 amide bonds. The zero-order valence-corrected chi connectivity index (χ0v) is 23.3. The number of carbonyl (C=O) groups excluding carboxylic acids is 2. The molecule has 0 bridgehead atoms. The maximum Gasteiger partial charge on any atom is 0.261 e. The van der Waals surface area contributed by atoms with E-state index in [1.165, 1.54) is 12.0 Å². The first-order valence-electron chi connectivity index (χ1n) is 12.9. The quantitative estimate of drug-likeness (QED) is 0.381. The van der Waals surface area contributed by atoms with Crippen LogP contribution in [0.25, 0.3) is 0 Å². The van der Waals surface area contributed by atoms with Crippen LogP contribution < -0.4 is 10.1 Å². The summed E-state index contributed by atoms with van der Waals surface area (Å²) in [5.41, 5.74) is 2.02. The fraction of sp³-hybridized carbons (Fsp3) is 0.517. The summed E-state index contributed by atoms with van der Waals surface area (Å²) in [6.45, 7) is 8.44. The molecule has 1 aliphatic carbocycles. The Hall–Kier alpha value is -2.24. The second kappa shape index (κ2) is 12.8. The summed E-state index contributed by atoms with van der Waals surface area (Å²) in [4.78, 5) is 28.4. The van der Waals surface area contributed by atoms with Gasteiger partial charge in [-0.1, -0.05) is 88.4 Å². The molecule has 0 heterocycles. The number of hydrogen-bond donors (Lipinski definition) is 1. The molecule has 0 radical (unpaired) electrons. The maximum atomic E-state index is 13.5. The van der Waals surface area contributed by atoms with Gasteiger partial charge in [-0.15, -0.1) is 0 Å². The van der Waals surface area contributed by atoms with Gasteiger partial charge in [0.15, 0.2) is 6.61 Å². The molecule has 1 unspecified atom stereocenters. The van der Waals surface area contributed by atoms with Gasteiger partial charge in [-0.05, 0) is 60.1 Å². The lowest BCUT2D eigenvalue weighted by Gasteiger charge is -2.32. The van der Waals surface area contributed by atoms with Gasteiger partial charge in [0.1, 0.15) is 11.8 Å². The van der Waals surface area contributed by atoms with Crippen molar-refractivity contribution in [1.29, 1.82) is 0 Å². The largest absolute Gasteiger partial charge is 0.484 e. The van der Waals surface area contributed by atoms with Gasteiger partial charge in [-0.25, -0.2) is 0 Å². The van der Waals surface area contributed by atoms with E-state index in [-0.39, 0.29) is 36.4 Å². The Labute approximate surface area is 225 Å². The van der Waals surface area contributed by atoms with Crippen LogP contribution >= 0.6 is 23.2 Å². The van der Waals surface area contributed by atoms with E-state index in [2.05, 4.69) is 26.1 Å². The number of nitrogens with zero attached hydrogens (tertiary/aromatic N) is 1. The van der Waals surface area contributed by atoms with Gasteiger partial charge in [0.05, 0.1) is 10.0 Å². The van der Waals surface area contributed by atoms with E-state index in [0.29, 0.717) is 22.2 Å². The molecule has 196 valence electrons. The molecule has 1 atom stereocenters. The highest BCUT2D eigenvalue weighted by Gasteiger charge is 2.30. The van der Waals surface area contributed by atoms with Crippen LogP contribution in [0.5, 0.6) is 5.75 Å². The normalized spacial score (nSPS) is 15.3. The van der Waals surface area contributed by atoms with Crippen LogP contribution in [-0.2, 0) is 21.5 Å². The average Bonchev–Trinajstić information content (AvgIpc) is 2.85. The lowest BCUT2D eigenvalue weighted by molar-refractivity contribution is -0.143. The smallest absolute Gasteiger partial charge is 0.261 e. The lowest BCUT2D eigenvalue weighted by Crippen LogP contribution is -2.52. The van der Waals surface area contributed by atoms with Crippen LogP contribution in [0.4, 0.5) is 0 Å². The third-order valence-electron chi connectivity index (χ3n) is 6.76. The minimum absolute atomic E-state index is 0.0328. The van der Waals surface area contributed by atoms with Gasteiger partial charge in [-0.2, -0.15) is 0 Å². The Balaban J connectivity index is 1.76. The third kappa shape index (κ3) is 7.88. The van der Waals surface area contributed by atoms with E-state index >= 15 is 0 Å². The van der Waals surface area contributed by atoms with Crippen molar-refractivity contribution in [2.45, 2.75) is 90.3 Å². The summed E-state index contributed by atoms with van der Waals surface area (Å²) < 4.78 is 5.85. The van der Waals surface area contributed by atoms with Crippen molar-refractivity contribution in [3.8, 4) is 5.75 Å². The summed E-state index contributed by atoms with van der Waals surface area (Å²) in [7, 11) is 0. The van der Waals surface area contributed by atoms with E-state index in [9.17, 15) is 9.59 Å². The molecule has 1 fully saturated rings. The minimum Gasteiger partial charge on any atom is -0.484 e. The Morgan fingerprint density at radius 3 is 2.28 bits per heavy atom. The first-order valence-corrected chi connectivity index (χ1v) is 13.6. The molecule has 2 aromatic rings. The summed E-state index contributed by atoms with van der Waals surface area (Å²) in [6.07, 6.45) is 5.91. The van der Waals surface area contributed by atoms with Gasteiger partial charge in [0.2, 0.25) is 5.91 Å². The van der Waals surface area contributed by atoms with Crippen molar-refractivity contribution < 1.29 is 14.3 Å². The Kier molecular flexibility index (Phi) is 10.1. The predicted molar refractivity (Wildman–Crippen MR) is 147 cm³/mol. The molecular weight excluding hydrogens is 495 g/mol. The van der Waals surface area contributed by atoms with Gasteiger partial charge >= 0.3 is 0 Å². The lowest BCUT2D eigenvalue weighted by atomic mass is 9.87. The molecule has 36 heavy (non-hydrogen) atoms. The SMILES string of the molecule is CCC(C(=O)NC1CCCCC1)N(Cc1ccc(Cl)c(Cl)c1)C(=O)COc1ccc(C(C)(C)C)cc1. The molecule has 1 N–H and O–H groups in total. The molecule has 0 aromatic heterocycles. The highest BCUT2D eigenvalue weighted by atomic mass is 35.5. The van der Waals surface area contributed by atoms with Gasteiger partial charge in [0, 0.05) is 12.6 Å². The molecule has 0 saturated heterocycles. The highest BCUT2D eigenvalue weighted by molar-refractivity contribution is 6.42. The maximum absolute atomic E-state index is 13.5. The molecule has 1 saturated carbocycles. The molecule has 0 spiro atoms. The monoisotopic (exact) mass is 532 g/mol. The Morgan fingerprint density at radius 1 is 1.03 bits per heavy atom. The van der Waals surface area contributed by atoms with Crippen LogP contribution in [0, 0.1) is 0 Å². The second-order valence-corrected chi connectivity index (χ2v) is 11.4. The van der Waals surface area contributed by atoms with Gasteiger partial charge in [-0.3, -0.25) is 9.59 Å². The van der Waals surface area contributed by atoms with E-state index in [1.54, 1.807) is 17.0 Å². The molecule has 1 aliphatic rings. The molecule has 0 aliphatic heterocycles. The van der Waals surface area contributed by atoms with Crippen LogP contribution in [0.15, 0.2) is 42.5 Å². The van der Waals surface area contributed by atoms with E-state index in [4.69, 9.17) is 27.9 Å². The minimum atomic E-state index is -0.610. The molecule has 2 aromatic carbocycles. The number of carbonyl (C=O) groups is 2. The zero-order valence-electron chi connectivity index (χ0n) is 21.8. The summed E-state index contributed by atoms with van der Waals surface area (Å²) in [6, 6.07) is 12.6. The van der Waals surface area contributed by atoms with Crippen molar-refractivity contribution in [3.05, 3.63) is 63.6 Å². The van der Waals surface area contributed by atoms with Crippen molar-refractivity contribution in [1.82, 2.24) is 10.2 Å². The predicted octanol–water partition coefficient (Wildman–Crippen LogP) is 6.93. The van der Waals surface area contributed by atoms with Crippen LogP contribution in [-0.4, -0.2) is 35.4 Å². The zero-order chi connectivity index (χ0) is 26.3. The third-order valence-corrected chi connectivity index (χ3v) is 7.50. The summed E-state index contributed by atoms with van der Waals surface area (Å²) >= 11 is 12.3. The Bertz CT molecular complexity index is 1030. The first kappa shape index (κ1) is 28.3. The average molecular weight is 534 g/mol. The number of halogens is 2. The Morgan fingerprint density at radius 2 is 1.69 bits per heavy atom. The van der Waals surface area contributed by atoms with Crippen LogP contribution in [0.1, 0.15) is 77.3 Å². The van der Waals surface area contributed by atoms with Crippen molar-refractivity contribution in [3.63, 3.8) is 0 Å². The van der Waals surface area contributed by atoms with Crippen molar-refractivity contribution in [2.24, 2.45) is 0 Å². The number of hydrogen-bond acceptors (Lipinski definition) is 3.